The van der Waals surface area contributed by atoms with E-state index in [9.17, 15) is 59.7 Å². The maximum absolute atomic E-state index is 13.2. The fourth-order valence-corrected chi connectivity index (χ4v) is 1.96. The molecule has 0 atom stereocenters. The van der Waals surface area contributed by atoms with E-state index in [2.05, 4.69) is 9.62 Å². The number of carbonyl (C=O) groups excluding carboxylic acids is 1. The first-order valence-corrected chi connectivity index (χ1v) is 11.1. The van der Waals surface area contributed by atoms with Gasteiger partial charge in [0.05, 0.1) is 34.9 Å². The van der Waals surface area contributed by atoms with Crippen LogP contribution in [0.4, 0.5) is 50.9 Å². The van der Waals surface area contributed by atoms with Crippen molar-refractivity contribution in [2.24, 2.45) is 0 Å². The number of ether oxygens (including phenoxy) is 1. The average molecular weight is 809 g/mol. The summed E-state index contributed by atoms with van der Waals surface area (Å²) in [5.74, 6) is -3.41. The number of hydrogen-bond acceptors (Lipinski definition) is 9. The second-order valence-electron chi connectivity index (χ2n) is 6.52. The van der Waals surface area contributed by atoms with Gasteiger partial charge in [0.15, 0.2) is 29.7 Å². The maximum Gasteiger partial charge on any atom is 1.00 e. The number of aryl methyl sites for hydroxylation is 2. The first kappa shape index (κ1) is 49.5. The zero-order chi connectivity index (χ0) is 33.8. The minimum atomic E-state index is -4.63. The molecule has 0 amide bonds. The Labute approximate surface area is 338 Å². The number of benzene rings is 2. The van der Waals surface area contributed by atoms with Crippen LogP contribution >= 0.6 is 22.6 Å². The van der Waals surface area contributed by atoms with Gasteiger partial charge in [0.25, 0.3) is 17.8 Å². The average Bonchev–Trinajstić information content (AvgIpc) is 2.85. The third-order valence-electron chi connectivity index (χ3n) is 3.49. The van der Waals surface area contributed by atoms with Crippen molar-refractivity contribution in [2.75, 3.05) is 18.2 Å². The van der Waals surface area contributed by atoms with Crippen LogP contribution in [0.2, 0.25) is 0 Å². The molecule has 0 spiro atoms. The van der Waals surface area contributed by atoms with Crippen molar-refractivity contribution >= 4 is 40.4 Å². The van der Waals surface area contributed by atoms with E-state index in [0.717, 1.165) is 18.2 Å². The number of aromatic hydroxyl groups is 1. The summed E-state index contributed by atoms with van der Waals surface area (Å²) in [7, 11) is -1.00. The zero-order valence-corrected chi connectivity index (χ0v) is 30.8. The molecule has 2 rings (SSSR count). The first-order chi connectivity index (χ1) is 19.1. The smallest absolute Gasteiger partial charge is 1.00 e. The summed E-state index contributed by atoms with van der Waals surface area (Å²) in [5, 5.41) is 38.0. The van der Waals surface area contributed by atoms with Gasteiger partial charge in [-0.25, -0.2) is 8.78 Å². The molecule has 0 fully saturated rings. The number of nitrogens with zero attached hydrogens (tertiary/aromatic N) is 2. The van der Waals surface area contributed by atoms with Crippen molar-refractivity contribution in [1.29, 1.82) is 0 Å². The Hall–Kier alpha value is -0.357. The van der Waals surface area contributed by atoms with Gasteiger partial charge in [-0.2, -0.15) is 26.3 Å². The van der Waals surface area contributed by atoms with E-state index in [4.69, 9.17) is 16.5 Å². The summed E-state index contributed by atoms with van der Waals surface area (Å²) < 4.78 is 112. The number of phenolic OH excluding ortho intramolecular Hbond substituents is 1. The molecule has 236 valence electrons. The summed E-state index contributed by atoms with van der Waals surface area (Å²) in [6.45, 7) is 0.791. The van der Waals surface area contributed by atoms with Gasteiger partial charge in [-0.3, -0.25) is 29.4 Å². The molecule has 0 aliphatic heterocycles. The molecule has 0 bridgehead atoms. The molecule has 2 aromatic rings. The van der Waals surface area contributed by atoms with Crippen LogP contribution in [0.1, 0.15) is 13.9 Å². The Morgan fingerprint density at radius 1 is 0.953 bits per heavy atom. The van der Waals surface area contributed by atoms with Crippen LogP contribution in [-0.4, -0.2) is 52.0 Å². The summed E-state index contributed by atoms with van der Waals surface area (Å²) in [6, 6.07) is 3.11. The second kappa shape index (κ2) is 26.8. The third kappa shape index (κ3) is 26.6. The Kier molecular flexibility index (Phi) is 30.9. The van der Waals surface area contributed by atoms with Crippen LogP contribution in [0.3, 0.4) is 0 Å². The molecular weight excluding hydrogens is 788 g/mol. The van der Waals surface area contributed by atoms with Gasteiger partial charge in [-0.15, -0.1) is 0 Å². The monoisotopic (exact) mass is 809 g/mol. The van der Waals surface area contributed by atoms with E-state index in [1.807, 2.05) is 0 Å². The molecule has 0 radical (unpaired) electrons. The number of carbonyl (C=O) groups is 1. The molecule has 0 saturated carbocycles. The van der Waals surface area contributed by atoms with Crippen LogP contribution in [0.25, 0.3) is 0 Å². The van der Waals surface area contributed by atoms with Crippen molar-refractivity contribution in [3.63, 3.8) is 0 Å². The van der Waals surface area contributed by atoms with Crippen molar-refractivity contribution < 1.29 is 180 Å². The Bertz CT molecular complexity index is 1160. The molecule has 11 nitrogen and oxygen atoms in total. The van der Waals surface area contributed by atoms with E-state index in [1.54, 1.807) is 0 Å². The molecule has 1 N–H and O–H groups in total. The van der Waals surface area contributed by atoms with E-state index >= 15 is 0 Å². The van der Waals surface area contributed by atoms with Gasteiger partial charge >= 0.3 is 115 Å². The molecule has 0 unspecified atom stereocenters. The number of rotatable bonds is 5. The predicted octanol–water partition coefficient (Wildman–Crippen LogP) is -0.144. The normalized spacial score (nSPS) is 9.84. The van der Waals surface area contributed by atoms with Crippen molar-refractivity contribution in [3.8, 4) is 11.5 Å². The largest absolute Gasteiger partial charge is 1.00 e. The van der Waals surface area contributed by atoms with Gasteiger partial charge in [-0.1, -0.05) is 22.6 Å². The van der Waals surface area contributed by atoms with Gasteiger partial charge < -0.3 is 21.4 Å². The Morgan fingerprint density at radius 3 is 1.60 bits per heavy atom. The molecule has 23 heteroatoms. The molecule has 0 aromatic heterocycles. The minimum absolute atomic E-state index is 0. The van der Waals surface area contributed by atoms with Crippen LogP contribution in [0.5, 0.6) is 11.5 Å². The van der Waals surface area contributed by atoms with Crippen LogP contribution in [0.15, 0.2) is 24.3 Å². The quantitative estimate of drug-likeness (QED) is 0.0633. The maximum atomic E-state index is 13.2. The standard InChI is InChI=1S/C9H7F4NO3.C7H6FNO3.C2H2F3I.CH3F.CH2O3.2K.H/c1-5-2-6(10)8(3-7(5)14(15)16)17-4-9(11,12)13;1-4-2-5(8)7(10)3-6(4)9(11)12;3-2(4,5)1-6;1-2;2-1-4-3;;;/h2-3H,4H2,1H3;2-3,10H,1H3;1H2;1H3;1,3H;;;/q;;;;;2*+1;-1/p-1/i;;;1D;;;;. The number of nitro benzene ring substituents is 2. The summed E-state index contributed by atoms with van der Waals surface area (Å²) >= 11 is 1.27. The summed E-state index contributed by atoms with van der Waals surface area (Å²) in [4.78, 5) is 30.5. The topological polar surface area (TPSA) is 165 Å². The first-order valence-electron chi connectivity index (χ1n) is 10.3. The van der Waals surface area contributed by atoms with Gasteiger partial charge in [0, 0.05) is 11.1 Å². The molecule has 2 aromatic carbocycles. The number of nitro groups is 2. The zero-order valence-electron chi connectivity index (χ0n) is 24.4. The SMILES string of the molecule is Cc1cc(F)c(O)cc1[N+](=O)[O-].Cc1cc(F)c(OCC(F)(F)F)cc1[N+](=O)[O-].FC(F)(F)CI.O=CO[O-].[2H]CF.[H-].[K+].[K+]. The van der Waals surface area contributed by atoms with Gasteiger partial charge in [0.2, 0.25) is 0 Å². The Balaban J connectivity index is -0.000000119. The number of phenols is 1. The van der Waals surface area contributed by atoms with Gasteiger partial charge in [-0.05, 0) is 26.0 Å². The molecule has 0 aliphatic rings. The molecule has 0 aliphatic carbocycles. The van der Waals surface area contributed by atoms with Crippen LogP contribution in [0, 0.1) is 45.7 Å². The summed E-state index contributed by atoms with van der Waals surface area (Å²) in [6.07, 6.45) is -8.60. The molecule has 0 heterocycles. The van der Waals surface area contributed by atoms with Crippen LogP contribution < -0.4 is 113 Å². The summed E-state index contributed by atoms with van der Waals surface area (Å²) in [5.41, 5.74) is -0.584. The van der Waals surface area contributed by atoms with E-state index in [0.29, 0.717) is 6.07 Å². The van der Waals surface area contributed by atoms with E-state index in [-0.39, 0.29) is 127 Å². The van der Waals surface area contributed by atoms with Crippen molar-refractivity contribution in [1.82, 2.24) is 0 Å². The fraction of sp³-hybridized carbons (Fsp3) is 0.350. The van der Waals surface area contributed by atoms with Crippen LogP contribution in [-0.2, 0) is 9.68 Å². The third-order valence-corrected chi connectivity index (χ3v) is 4.36. The number of halogens is 10. The number of alkyl halides is 8. The van der Waals surface area contributed by atoms with Crippen molar-refractivity contribution in [2.45, 2.75) is 26.2 Å². The molecule has 43 heavy (non-hydrogen) atoms. The molecule has 0 saturated heterocycles. The predicted molar refractivity (Wildman–Crippen MR) is 129 cm³/mol. The minimum Gasteiger partial charge on any atom is -1.00 e. The van der Waals surface area contributed by atoms with Gasteiger partial charge in [0.1, 0.15) is 0 Å². The fourth-order valence-electron chi connectivity index (χ4n) is 1.96. The second-order valence-corrected chi connectivity index (χ2v) is 7.28. The molecular formula is C20H20F9IK2N2O9. The van der Waals surface area contributed by atoms with E-state index in [1.165, 1.54) is 36.4 Å². The Morgan fingerprint density at radius 2 is 1.30 bits per heavy atom. The van der Waals surface area contributed by atoms with Crippen molar-refractivity contribution in [3.05, 3.63) is 67.3 Å². The van der Waals surface area contributed by atoms with E-state index < -0.39 is 69.2 Å². The number of hydrogen-bond donors (Lipinski definition) is 1.